The lowest BCUT2D eigenvalue weighted by Crippen LogP contribution is -2.24. The first-order valence-corrected chi connectivity index (χ1v) is 7.84. The predicted molar refractivity (Wildman–Crippen MR) is 67.5 cm³/mol. The summed E-state index contributed by atoms with van der Waals surface area (Å²) in [6.45, 7) is 6.14. The van der Waals surface area contributed by atoms with Crippen molar-refractivity contribution < 1.29 is 12.6 Å². The van der Waals surface area contributed by atoms with Crippen LogP contribution in [-0.4, -0.2) is 39.3 Å². The van der Waals surface area contributed by atoms with Crippen molar-refractivity contribution in [1.29, 1.82) is 0 Å². The minimum atomic E-state index is -3.50. The minimum absolute atomic E-state index is 0.576. The van der Waals surface area contributed by atoms with Gasteiger partial charge in [0.05, 0.1) is 17.5 Å². The molecule has 0 bridgehead atoms. The van der Waals surface area contributed by atoms with E-state index in [1.165, 1.54) is 12.5 Å². The summed E-state index contributed by atoms with van der Waals surface area (Å²) in [5.41, 5.74) is 0. The molecular weight excluding hydrogens is 246 g/mol. The van der Waals surface area contributed by atoms with Crippen molar-refractivity contribution in [1.82, 2.24) is 4.90 Å². The fourth-order valence-corrected chi connectivity index (χ4v) is 3.42. The average molecular weight is 265 g/mol. The van der Waals surface area contributed by atoms with Gasteiger partial charge in [-0.1, -0.05) is 20.3 Å². The van der Waals surface area contributed by atoms with Crippen LogP contribution in [0, 0.1) is 5.92 Å². The molecule has 0 radical (unpaired) electrons. The second-order valence-electron chi connectivity index (χ2n) is 3.92. The zero-order valence-electron chi connectivity index (χ0n) is 9.97. The maximum Gasteiger partial charge on any atom is 0.292 e. The second kappa shape index (κ2) is 5.93. The summed E-state index contributed by atoms with van der Waals surface area (Å²) in [7, 11) is -2.32. The average Bonchev–Trinajstić information content (AvgIpc) is 2.65. The van der Waals surface area contributed by atoms with Crippen LogP contribution in [0.15, 0.2) is 10.4 Å². The van der Waals surface area contributed by atoms with Crippen LogP contribution in [0.1, 0.15) is 20.3 Å². The zero-order chi connectivity index (χ0) is 12.2. The van der Waals surface area contributed by atoms with Crippen LogP contribution < -0.4 is 0 Å². The fraction of sp³-hybridized carbons (Fsp3) is 0.800. The Morgan fingerprint density at radius 1 is 1.62 bits per heavy atom. The van der Waals surface area contributed by atoms with Gasteiger partial charge in [-0.25, -0.2) is 0 Å². The molecule has 1 rings (SSSR count). The Kier molecular flexibility index (Phi) is 5.14. The lowest BCUT2D eigenvalue weighted by molar-refractivity contribution is 0.331. The predicted octanol–water partition coefficient (Wildman–Crippen LogP) is 1.86. The van der Waals surface area contributed by atoms with E-state index in [4.69, 9.17) is 0 Å². The van der Waals surface area contributed by atoms with Crippen molar-refractivity contribution in [2.45, 2.75) is 20.3 Å². The van der Waals surface area contributed by atoms with Crippen molar-refractivity contribution in [3.63, 3.8) is 0 Å². The van der Waals surface area contributed by atoms with Crippen LogP contribution in [0.25, 0.3) is 0 Å². The van der Waals surface area contributed by atoms with Crippen molar-refractivity contribution in [2.75, 3.05) is 26.0 Å². The van der Waals surface area contributed by atoms with E-state index in [9.17, 15) is 8.42 Å². The molecule has 0 aromatic rings. The molecule has 1 saturated heterocycles. The molecule has 0 aromatic carbocycles. The van der Waals surface area contributed by atoms with E-state index in [0.29, 0.717) is 5.92 Å². The molecule has 1 aliphatic heterocycles. The standard InChI is InChI=1S/C10H19NO3S2/c1-4-9(2)7-11-5-6-15-10(11)8-16(12,13)14-3/h8-9H,4-7H2,1-3H3/b10-8-/t9-/m0/s1. The molecule has 1 heterocycles. The van der Waals surface area contributed by atoms with Gasteiger partial charge in [0.25, 0.3) is 10.1 Å². The summed E-state index contributed by atoms with van der Waals surface area (Å²) < 4.78 is 27.1. The number of hydrogen-bond acceptors (Lipinski definition) is 5. The summed E-state index contributed by atoms with van der Waals surface area (Å²) in [6.07, 6.45) is 1.10. The smallest absolute Gasteiger partial charge is 0.292 e. The normalized spacial score (nSPS) is 21.7. The topological polar surface area (TPSA) is 46.6 Å². The maximum atomic E-state index is 11.3. The molecular formula is C10H19NO3S2. The largest absolute Gasteiger partial charge is 0.365 e. The van der Waals surface area contributed by atoms with E-state index < -0.39 is 10.1 Å². The van der Waals surface area contributed by atoms with E-state index in [1.807, 2.05) is 0 Å². The van der Waals surface area contributed by atoms with Gasteiger partial charge in [-0.2, -0.15) is 8.42 Å². The van der Waals surface area contributed by atoms with Crippen LogP contribution >= 0.6 is 11.8 Å². The van der Waals surface area contributed by atoms with E-state index in [1.54, 1.807) is 11.8 Å². The first kappa shape index (κ1) is 13.9. The van der Waals surface area contributed by atoms with Crippen molar-refractivity contribution in [3.05, 3.63) is 10.4 Å². The third-order valence-electron chi connectivity index (χ3n) is 2.63. The summed E-state index contributed by atoms with van der Waals surface area (Å²) in [5, 5.41) is 2.04. The lowest BCUT2D eigenvalue weighted by atomic mass is 10.1. The Bertz CT molecular complexity index is 351. The molecule has 94 valence electrons. The van der Waals surface area contributed by atoms with Crippen LogP contribution in [0.5, 0.6) is 0 Å². The number of nitrogens with zero attached hydrogens (tertiary/aromatic N) is 1. The SMILES string of the molecule is CC[C@H](C)CN1CCS/C1=C\S(=O)(=O)OC. The first-order valence-electron chi connectivity index (χ1n) is 5.38. The van der Waals surface area contributed by atoms with Gasteiger partial charge in [0, 0.05) is 18.8 Å². The third kappa shape index (κ3) is 3.99. The number of hydrogen-bond donors (Lipinski definition) is 0. The van der Waals surface area contributed by atoms with Gasteiger partial charge in [-0.15, -0.1) is 11.8 Å². The van der Waals surface area contributed by atoms with E-state index >= 15 is 0 Å². The second-order valence-corrected chi connectivity index (χ2v) is 6.59. The molecule has 0 spiro atoms. The summed E-state index contributed by atoms with van der Waals surface area (Å²) >= 11 is 1.57. The quantitative estimate of drug-likeness (QED) is 0.710. The van der Waals surface area contributed by atoms with Gasteiger partial charge in [-0.3, -0.25) is 4.18 Å². The zero-order valence-corrected chi connectivity index (χ0v) is 11.6. The first-order chi connectivity index (χ1) is 7.48. The summed E-state index contributed by atoms with van der Waals surface area (Å²) in [5.74, 6) is 1.52. The number of thioether (sulfide) groups is 1. The molecule has 0 aromatic heterocycles. The monoisotopic (exact) mass is 265 g/mol. The molecule has 4 nitrogen and oxygen atoms in total. The molecule has 0 saturated carbocycles. The molecule has 1 fully saturated rings. The fourth-order valence-electron chi connectivity index (χ4n) is 1.43. The van der Waals surface area contributed by atoms with Gasteiger partial charge in [-0.05, 0) is 5.92 Å². The van der Waals surface area contributed by atoms with Crippen molar-refractivity contribution in [2.24, 2.45) is 5.92 Å². The van der Waals surface area contributed by atoms with Gasteiger partial charge in [0.1, 0.15) is 0 Å². The molecule has 16 heavy (non-hydrogen) atoms. The van der Waals surface area contributed by atoms with Gasteiger partial charge >= 0.3 is 0 Å². The van der Waals surface area contributed by atoms with Crippen LogP contribution in [0.2, 0.25) is 0 Å². The Labute approximate surface area is 102 Å². The minimum Gasteiger partial charge on any atom is -0.365 e. The van der Waals surface area contributed by atoms with Gasteiger partial charge < -0.3 is 4.90 Å². The Morgan fingerprint density at radius 3 is 2.88 bits per heavy atom. The molecule has 6 heteroatoms. The summed E-state index contributed by atoms with van der Waals surface area (Å²) in [4.78, 5) is 2.12. The molecule has 0 amide bonds. The highest BCUT2D eigenvalue weighted by Gasteiger charge is 2.21. The Hall–Kier alpha value is -0.200. The molecule has 0 N–H and O–H groups in total. The van der Waals surface area contributed by atoms with Crippen molar-refractivity contribution in [3.8, 4) is 0 Å². The highest BCUT2D eigenvalue weighted by atomic mass is 32.2. The van der Waals surface area contributed by atoms with Gasteiger partial charge in [0.15, 0.2) is 0 Å². The van der Waals surface area contributed by atoms with Crippen molar-refractivity contribution >= 4 is 21.9 Å². The van der Waals surface area contributed by atoms with E-state index in [2.05, 4.69) is 22.9 Å². The molecule has 0 aliphatic carbocycles. The maximum absolute atomic E-state index is 11.3. The molecule has 0 unspecified atom stereocenters. The number of rotatable bonds is 5. The molecule has 1 atom stereocenters. The van der Waals surface area contributed by atoms with Crippen LogP contribution in [0.3, 0.4) is 0 Å². The third-order valence-corrected chi connectivity index (χ3v) is 4.81. The van der Waals surface area contributed by atoms with E-state index in [-0.39, 0.29) is 0 Å². The van der Waals surface area contributed by atoms with Crippen LogP contribution in [-0.2, 0) is 14.3 Å². The Morgan fingerprint density at radius 2 is 2.31 bits per heavy atom. The highest BCUT2D eigenvalue weighted by Crippen LogP contribution is 2.29. The lowest BCUT2D eigenvalue weighted by Gasteiger charge is -2.22. The van der Waals surface area contributed by atoms with Gasteiger partial charge in [0.2, 0.25) is 0 Å². The molecule has 1 aliphatic rings. The highest BCUT2D eigenvalue weighted by molar-refractivity contribution is 8.04. The summed E-state index contributed by atoms with van der Waals surface area (Å²) in [6, 6.07) is 0. The Balaban J connectivity index is 2.73. The van der Waals surface area contributed by atoms with E-state index in [0.717, 1.165) is 30.3 Å². The van der Waals surface area contributed by atoms with Crippen LogP contribution in [0.4, 0.5) is 0 Å².